The standard InChI is InChI=1S/C60H86N14O20/c1-29(2)19-37(61)50(83)66-40(22-33-10-14-36(79)15-11-33)55(88)73-49(31(5)77)58(91)72-45(27-76)59(92)74-18-6-7-46(74)57(90)71-44(26-75)56(89)68-41(23-34-25-63-28-64-34)53(86)67-39(21-32-8-12-35(78)13-9-32)52(85)65-38(16-17-48(81)82)51(84)69-42(24-47(62)80)54(87)70-43(60(93)94)20-30(3)4/h8-15,25,28-31,37-46,49,75-79H,6-7,16-24,26-27,61H2,1-5H3,(H2,62,80)(H,63,64)(H,65,85)(H,66,83)(H,67,86)(H,68,89)(H,69,84)(H,70,87)(H,71,90)(H,72,91)(H,73,88)(H,81,82)(H,93,94)/t31-,37+,38+,39+,40+,41+,42+,43+,44+,45+,46+,49+/m1/s1. The van der Waals surface area contributed by atoms with Gasteiger partial charge in [-0.3, -0.25) is 57.5 Å². The van der Waals surface area contributed by atoms with E-state index < -0.39 is 195 Å². The second kappa shape index (κ2) is 37.0. The van der Waals surface area contributed by atoms with E-state index in [2.05, 4.69) is 57.8 Å². The lowest BCUT2D eigenvalue weighted by Crippen LogP contribution is -2.62. The molecule has 516 valence electrons. The van der Waals surface area contributed by atoms with Crippen LogP contribution in [0.4, 0.5) is 0 Å². The normalized spacial score (nSPS) is 16.4. The SMILES string of the molecule is CC(C)C[C@H](NC(=O)[C@H](CC(N)=O)NC(=O)[C@H](CCC(=O)O)NC(=O)[C@H](Cc1ccc(O)cc1)NC(=O)[C@H](Cc1cnc[nH]1)NC(=O)[C@H](CO)NC(=O)[C@@H]1CCCN1C(=O)[C@H](CO)NC(=O)[C@@H](NC(=O)[C@H](Cc1ccc(O)cc1)NC(=O)[C@@H](N)CC(C)C)[C@@H](C)O)C(=O)O. The lowest BCUT2D eigenvalue weighted by atomic mass is 10.0. The monoisotopic (exact) mass is 1320 g/mol. The quantitative estimate of drug-likeness (QED) is 0.0255. The Labute approximate surface area is 539 Å². The number of aromatic hydroxyl groups is 2. The number of nitrogens with one attached hydrogen (secondary N) is 10. The fourth-order valence-corrected chi connectivity index (χ4v) is 9.95. The Bertz CT molecular complexity index is 3110. The highest BCUT2D eigenvalue weighted by molar-refractivity contribution is 6.00. The molecule has 34 nitrogen and oxygen atoms in total. The summed E-state index contributed by atoms with van der Waals surface area (Å²) >= 11 is 0. The molecule has 1 aromatic heterocycles. The number of carboxylic acid groups (broad SMARTS) is 2. The van der Waals surface area contributed by atoms with E-state index in [0.29, 0.717) is 5.56 Å². The van der Waals surface area contributed by atoms with Gasteiger partial charge in [-0.2, -0.15) is 0 Å². The van der Waals surface area contributed by atoms with Crippen LogP contribution in [-0.2, 0) is 81.6 Å². The Morgan fingerprint density at radius 3 is 1.51 bits per heavy atom. The van der Waals surface area contributed by atoms with Gasteiger partial charge in [-0.1, -0.05) is 52.0 Å². The molecule has 0 unspecified atom stereocenters. The van der Waals surface area contributed by atoms with Gasteiger partial charge in [0, 0.05) is 44.1 Å². The molecule has 0 spiro atoms. The zero-order valence-electron chi connectivity index (χ0n) is 52.5. The van der Waals surface area contributed by atoms with Crippen LogP contribution in [0.15, 0.2) is 61.1 Å². The Kier molecular flexibility index (Phi) is 30.2. The minimum absolute atomic E-state index is 0.00311. The fraction of sp³-hybridized carbons (Fsp3) is 0.533. The summed E-state index contributed by atoms with van der Waals surface area (Å²) in [7, 11) is 0. The number of carbonyl (C=O) groups is 13. The van der Waals surface area contributed by atoms with Crippen molar-refractivity contribution in [1.29, 1.82) is 0 Å². The molecule has 4 rings (SSSR count). The number of phenols is 2. The largest absolute Gasteiger partial charge is 0.508 e. The van der Waals surface area contributed by atoms with Crippen molar-refractivity contribution in [2.45, 2.75) is 171 Å². The number of aliphatic carboxylic acids is 2. The minimum Gasteiger partial charge on any atom is -0.508 e. The van der Waals surface area contributed by atoms with Crippen molar-refractivity contribution >= 4 is 76.9 Å². The summed E-state index contributed by atoms with van der Waals surface area (Å²) in [6.07, 6.45) is -2.11. The maximum atomic E-state index is 14.5. The number of benzene rings is 2. The van der Waals surface area contributed by atoms with E-state index in [0.717, 1.165) is 11.8 Å². The van der Waals surface area contributed by atoms with Crippen LogP contribution in [-0.4, -0.2) is 220 Å². The lowest BCUT2D eigenvalue weighted by Gasteiger charge is -2.30. The van der Waals surface area contributed by atoms with Gasteiger partial charge in [0.05, 0.1) is 38.1 Å². The van der Waals surface area contributed by atoms with Gasteiger partial charge in [0.1, 0.15) is 71.9 Å². The van der Waals surface area contributed by atoms with Gasteiger partial charge in [0.2, 0.25) is 65.0 Å². The summed E-state index contributed by atoms with van der Waals surface area (Å²) < 4.78 is 0. The van der Waals surface area contributed by atoms with Crippen molar-refractivity contribution in [3.63, 3.8) is 0 Å². The Balaban J connectivity index is 1.55. The molecule has 12 atom stereocenters. The molecule has 34 heteroatoms. The van der Waals surface area contributed by atoms with E-state index in [1.54, 1.807) is 13.8 Å². The first kappa shape index (κ1) is 76.7. The van der Waals surface area contributed by atoms with Crippen molar-refractivity contribution in [2.24, 2.45) is 23.3 Å². The van der Waals surface area contributed by atoms with E-state index in [1.807, 2.05) is 13.8 Å². The number of aliphatic hydroxyl groups is 3. The Morgan fingerprint density at radius 1 is 0.574 bits per heavy atom. The van der Waals surface area contributed by atoms with Gasteiger partial charge in [0.25, 0.3) is 0 Å². The van der Waals surface area contributed by atoms with E-state index >= 15 is 0 Å². The van der Waals surface area contributed by atoms with Crippen LogP contribution in [0.1, 0.15) is 96.4 Å². The number of primary amides is 1. The highest BCUT2D eigenvalue weighted by Gasteiger charge is 2.41. The molecular formula is C60H86N14O20. The number of aromatic amines is 1. The molecule has 21 N–H and O–H groups in total. The lowest BCUT2D eigenvalue weighted by molar-refractivity contribution is -0.144. The number of carboxylic acids is 2. The van der Waals surface area contributed by atoms with Gasteiger partial charge in [-0.25, -0.2) is 9.78 Å². The molecule has 1 saturated heterocycles. The van der Waals surface area contributed by atoms with Gasteiger partial charge >= 0.3 is 11.9 Å². The van der Waals surface area contributed by atoms with Crippen molar-refractivity contribution < 1.29 is 98.1 Å². The van der Waals surface area contributed by atoms with Crippen LogP contribution in [0, 0.1) is 11.8 Å². The molecule has 2 heterocycles. The highest BCUT2D eigenvalue weighted by Crippen LogP contribution is 2.20. The third-order valence-corrected chi connectivity index (χ3v) is 14.8. The molecule has 1 aliphatic heterocycles. The first-order valence-electron chi connectivity index (χ1n) is 30.3. The molecule has 94 heavy (non-hydrogen) atoms. The number of likely N-dealkylation sites (tertiary alicyclic amines) is 1. The smallest absolute Gasteiger partial charge is 0.326 e. The molecule has 3 aromatic rings. The van der Waals surface area contributed by atoms with Crippen LogP contribution in [0.25, 0.3) is 0 Å². The zero-order valence-corrected chi connectivity index (χ0v) is 52.5. The second-order valence-corrected chi connectivity index (χ2v) is 23.6. The number of imidazole rings is 1. The van der Waals surface area contributed by atoms with Gasteiger partial charge < -0.3 is 105 Å². The average Bonchev–Trinajstić information content (AvgIpc) is 1.55. The maximum absolute atomic E-state index is 14.5. The molecule has 11 amide bonds. The van der Waals surface area contributed by atoms with Crippen LogP contribution >= 0.6 is 0 Å². The predicted molar refractivity (Wildman–Crippen MR) is 329 cm³/mol. The van der Waals surface area contributed by atoms with E-state index in [9.17, 15) is 98.1 Å². The molecule has 0 bridgehead atoms. The molecule has 1 aliphatic rings. The highest BCUT2D eigenvalue weighted by atomic mass is 16.4. The third kappa shape index (κ3) is 24.7. The molecular weight excluding hydrogens is 1240 g/mol. The molecule has 0 aliphatic carbocycles. The summed E-state index contributed by atoms with van der Waals surface area (Å²) in [6, 6.07) is -6.96. The second-order valence-electron chi connectivity index (χ2n) is 23.6. The third-order valence-electron chi connectivity index (χ3n) is 14.8. The van der Waals surface area contributed by atoms with Crippen molar-refractivity contribution in [3.8, 4) is 11.5 Å². The number of carbonyl (C=O) groups excluding carboxylic acids is 11. The van der Waals surface area contributed by atoms with Crippen LogP contribution in [0.3, 0.4) is 0 Å². The summed E-state index contributed by atoms with van der Waals surface area (Å²) in [6.45, 7) is 5.84. The van der Waals surface area contributed by atoms with Gasteiger partial charge in [0.15, 0.2) is 0 Å². The minimum atomic E-state index is -1.87. The number of amides is 11. The number of H-pyrrole nitrogens is 1. The first-order chi connectivity index (χ1) is 44.3. The van der Waals surface area contributed by atoms with Crippen LogP contribution < -0.4 is 59.3 Å². The number of aromatic nitrogens is 2. The molecule has 2 aromatic carbocycles. The predicted octanol–water partition coefficient (Wildman–Crippen LogP) is -5.19. The van der Waals surface area contributed by atoms with E-state index in [-0.39, 0.29) is 73.2 Å². The number of hydrogen-bond donors (Lipinski definition) is 19. The van der Waals surface area contributed by atoms with Gasteiger partial charge in [-0.05, 0) is 86.3 Å². The fourth-order valence-electron chi connectivity index (χ4n) is 9.95. The number of rotatable bonds is 38. The summed E-state index contributed by atoms with van der Waals surface area (Å²) in [4.78, 5) is 183. The first-order valence-corrected chi connectivity index (χ1v) is 30.3. The number of nitrogens with two attached hydrogens (primary N) is 2. The number of hydrogen-bond acceptors (Lipinski definition) is 20. The topological polar surface area (TPSA) is 556 Å². The van der Waals surface area contributed by atoms with Crippen LogP contribution in [0.2, 0.25) is 0 Å². The average molecular weight is 1320 g/mol. The zero-order chi connectivity index (χ0) is 70.1. The van der Waals surface area contributed by atoms with Crippen molar-refractivity contribution in [1.82, 2.24) is 62.7 Å². The van der Waals surface area contributed by atoms with Crippen molar-refractivity contribution in [3.05, 3.63) is 77.9 Å². The maximum Gasteiger partial charge on any atom is 0.326 e. The van der Waals surface area contributed by atoms with E-state index in [4.69, 9.17) is 11.5 Å². The van der Waals surface area contributed by atoms with Crippen molar-refractivity contribution in [2.75, 3.05) is 19.8 Å². The summed E-state index contributed by atoms with van der Waals surface area (Å²) in [5.74, 6) is -15.3. The summed E-state index contributed by atoms with van der Waals surface area (Å²) in [5, 5.41) is 92.2. The number of nitrogens with zero attached hydrogens (tertiary/aromatic N) is 2. The Hall–Kier alpha value is -9.80. The van der Waals surface area contributed by atoms with Crippen LogP contribution in [0.5, 0.6) is 11.5 Å². The molecule has 0 saturated carbocycles. The molecule has 1 fully saturated rings. The number of phenolic OH excluding ortho intramolecular Hbond substituents is 2. The molecule has 0 radical (unpaired) electrons. The Morgan fingerprint density at radius 2 is 1.03 bits per heavy atom. The van der Waals surface area contributed by atoms with Gasteiger partial charge in [-0.15, -0.1) is 0 Å². The van der Waals surface area contributed by atoms with E-state index in [1.165, 1.54) is 61.1 Å². The summed E-state index contributed by atoms with van der Waals surface area (Å²) in [5.41, 5.74) is 12.4. The number of aliphatic hydroxyl groups excluding tert-OH is 3.